The molecule has 0 aliphatic heterocycles. The van der Waals surface area contributed by atoms with Crippen LogP contribution in [0.3, 0.4) is 0 Å². The summed E-state index contributed by atoms with van der Waals surface area (Å²) in [4.78, 5) is 4.28. The van der Waals surface area contributed by atoms with Crippen LogP contribution in [0.1, 0.15) is 13.3 Å². The third kappa shape index (κ3) is 1.86. The summed E-state index contributed by atoms with van der Waals surface area (Å²) >= 11 is 0. The topological polar surface area (TPSA) is 50.9 Å². The van der Waals surface area contributed by atoms with E-state index in [0.29, 0.717) is 0 Å². The molecule has 3 heteroatoms. The van der Waals surface area contributed by atoms with Gasteiger partial charge < -0.3 is 11.1 Å². The molecule has 3 nitrogen and oxygen atoms in total. The van der Waals surface area contributed by atoms with Crippen molar-refractivity contribution in [1.29, 1.82) is 0 Å². The molecule has 0 aliphatic rings. The highest BCUT2D eigenvalue weighted by molar-refractivity contribution is 5.97. The van der Waals surface area contributed by atoms with Crippen molar-refractivity contribution in [2.75, 3.05) is 17.6 Å². The zero-order valence-corrected chi connectivity index (χ0v) is 8.83. The highest BCUT2D eigenvalue weighted by Crippen LogP contribution is 2.25. The van der Waals surface area contributed by atoms with Crippen LogP contribution in [-0.4, -0.2) is 11.5 Å². The molecule has 0 spiro atoms. The lowest BCUT2D eigenvalue weighted by molar-refractivity contribution is 0.981. The fourth-order valence-corrected chi connectivity index (χ4v) is 1.61. The third-order valence-electron chi connectivity index (χ3n) is 2.37. The summed E-state index contributed by atoms with van der Waals surface area (Å²) in [6.45, 7) is 3.11. The average Bonchev–Trinajstić information content (AvgIpc) is 2.27. The third-order valence-corrected chi connectivity index (χ3v) is 2.37. The van der Waals surface area contributed by atoms with Crippen LogP contribution < -0.4 is 11.1 Å². The van der Waals surface area contributed by atoms with E-state index in [2.05, 4.69) is 17.2 Å². The first-order valence-corrected chi connectivity index (χ1v) is 5.20. The van der Waals surface area contributed by atoms with Gasteiger partial charge in [0.2, 0.25) is 0 Å². The summed E-state index contributed by atoms with van der Waals surface area (Å²) in [6.07, 6.45) is 2.89. The van der Waals surface area contributed by atoms with Crippen molar-refractivity contribution in [3.05, 3.63) is 30.5 Å². The van der Waals surface area contributed by atoms with Crippen molar-refractivity contribution in [1.82, 2.24) is 4.98 Å². The van der Waals surface area contributed by atoms with Crippen molar-refractivity contribution >= 4 is 22.3 Å². The van der Waals surface area contributed by atoms with Crippen LogP contribution in [0.4, 0.5) is 11.4 Å². The Hall–Kier alpha value is -1.77. The number of benzene rings is 1. The Labute approximate surface area is 89.3 Å². The molecule has 0 amide bonds. The highest BCUT2D eigenvalue weighted by Gasteiger charge is 2.02. The molecule has 0 aliphatic carbocycles. The van der Waals surface area contributed by atoms with Gasteiger partial charge in [-0.2, -0.15) is 0 Å². The van der Waals surface area contributed by atoms with Crippen molar-refractivity contribution < 1.29 is 0 Å². The van der Waals surface area contributed by atoms with E-state index >= 15 is 0 Å². The molecule has 3 N–H and O–H groups in total. The molecular weight excluding hydrogens is 186 g/mol. The lowest BCUT2D eigenvalue weighted by Gasteiger charge is -2.08. The first-order valence-electron chi connectivity index (χ1n) is 5.20. The highest BCUT2D eigenvalue weighted by atomic mass is 14.9. The van der Waals surface area contributed by atoms with Crippen molar-refractivity contribution in [2.45, 2.75) is 13.3 Å². The second-order valence-corrected chi connectivity index (χ2v) is 3.53. The van der Waals surface area contributed by atoms with Gasteiger partial charge >= 0.3 is 0 Å². The molecular formula is C12H15N3. The van der Waals surface area contributed by atoms with E-state index in [0.717, 1.165) is 35.2 Å². The molecule has 0 atom stereocenters. The Morgan fingerprint density at radius 2 is 2.20 bits per heavy atom. The molecule has 0 saturated carbocycles. The number of pyridine rings is 1. The van der Waals surface area contributed by atoms with E-state index in [1.165, 1.54) is 0 Å². The van der Waals surface area contributed by atoms with Crippen LogP contribution in [0, 0.1) is 0 Å². The van der Waals surface area contributed by atoms with Crippen LogP contribution >= 0.6 is 0 Å². The van der Waals surface area contributed by atoms with Crippen LogP contribution in [0.2, 0.25) is 0 Å². The Kier molecular flexibility index (Phi) is 2.72. The minimum Gasteiger partial charge on any atom is -0.397 e. The molecule has 78 valence electrons. The number of hydrogen-bond donors (Lipinski definition) is 2. The van der Waals surface area contributed by atoms with Gasteiger partial charge in [-0.05, 0) is 18.6 Å². The largest absolute Gasteiger partial charge is 0.397 e. The van der Waals surface area contributed by atoms with Gasteiger partial charge in [-0.25, -0.2) is 0 Å². The van der Waals surface area contributed by atoms with Crippen LogP contribution in [-0.2, 0) is 0 Å². The van der Waals surface area contributed by atoms with E-state index < -0.39 is 0 Å². The molecule has 0 fully saturated rings. The zero-order chi connectivity index (χ0) is 10.7. The molecule has 0 radical (unpaired) electrons. The number of anilines is 2. The molecule has 0 unspecified atom stereocenters. The zero-order valence-electron chi connectivity index (χ0n) is 8.83. The first kappa shape index (κ1) is 9.77. The fraction of sp³-hybridized carbons (Fsp3) is 0.250. The summed E-state index contributed by atoms with van der Waals surface area (Å²) in [6, 6.07) is 7.85. The van der Waals surface area contributed by atoms with E-state index in [-0.39, 0.29) is 0 Å². The molecule has 1 aromatic carbocycles. The number of hydrogen-bond acceptors (Lipinski definition) is 3. The number of rotatable bonds is 3. The maximum atomic E-state index is 5.86. The lowest BCUT2D eigenvalue weighted by Crippen LogP contribution is -2.01. The van der Waals surface area contributed by atoms with Gasteiger partial charge in [-0.3, -0.25) is 4.98 Å². The number of nitrogens with one attached hydrogen (secondary N) is 1. The molecule has 0 saturated heterocycles. The van der Waals surface area contributed by atoms with E-state index in [1.807, 2.05) is 24.3 Å². The molecule has 2 rings (SSSR count). The van der Waals surface area contributed by atoms with Crippen LogP contribution in [0.25, 0.3) is 10.9 Å². The maximum absolute atomic E-state index is 5.86. The van der Waals surface area contributed by atoms with Gasteiger partial charge in [0.05, 0.1) is 11.2 Å². The van der Waals surface area contributed by atoms with Crippen molar-refractivity contribution in [3.63, 3.8) is 0 Å². The minimum atomic E-state index is 0.729. The average molecular weight is 201 g/mol. The molecule has 1 aromatic heterocycles. The SMILES string of the molecule is CCCNc1ccnc2c(N)cccc12. The second kappa shape index (κ2) is 4.17. The van der Waals surface area contributed by atoms with Crippen LogP contribution in [0.5, 0.6) is 0 Å². The van der Waals surface area contributed by atoms with Gasteiger partial charge in [0.1, 0.15) is 0 Å². The number of nitrogen functional groups attached to an aromatic ring is 1. The van der Waals surface area contributed by atoms with E-state index in [4.69, 9.17) is 5.73 Å². The predicted octanol–water partition coefficient (Wildman–Crippen LogP) is 2.64. The summed E-state index contributed by atoms with van der Waals surface area (Å²) in [5, 5.41) is 4.46. The molecule has 0 bridgehead atoms. The molecule has 2 aromatic rings. The fourth-order valence-electron chi connectivity index (χ4n) is 1.61. The number of nitrogens with zero attached hydrogens (tertiary/aromatic N) is 1. The maximum Gasteiger partial charge on any atom is 0.0951 e. The smallest absolute Gasteiger partial charge is 0.0951 e. The van der Waals surface area contributed by atoms with Crippen LogP contribution in [0.15, 0.2) is 30.5 Å². The second-order valence-electron chi connectivity index (χ2n) is 3.53. The lowest BCUT2D eigenvalue weighted by atomic mass is 10.1. The predicted molar refractivity (Wildman–Crippen MR) is 64.9 cm³/mol. The number of nitrogens with two attached hydrogens (primary N) is 1. The summed E-state index contributed by atoms with van der Waals surface area (Å²) in [5.74, 6) is 0. The standard InChI is InChI=1S/C12H15N3/c1-2-7-14-11-6-8-15-12-9(11)4-3-5-10(12)13/h3-6,8H,2,7,13H2,1H3,(H,14,15). The summed E-state index contributed by atoms with van der Waals surface area (Å²) in [7, 11) is 0. The monoisotopic (exact) mass is 201 g/mol. The normalized spacial score (nSPS) is 10.5. The molecule has 15 heavy (non-hydrogen) atoms. The van der Waals surface area contributed by atoms with Gasteiger partial charge in [-0.15, -0.1) is 0 Å². The number of para-hydroxylation sites is 1. The van der Waals surface area contributed by atoms with Crippen molar-refractivity contribution in [3.8, 4) is 0 Å². The van der Waals surface area contributed by atoms with Crippen molar-refractivity contribution in [2.24, 2.45) is 0 Å². The van der Waals surface area contributed by atoms with Gasteiger partial charge in [0.15, 0.2) is 0 Å². The summed E-state index contributed by atoms with van der Waals surface area (Å²) in [5.41, 5.74) is 8.57. The van der Waals surface area contributed by atoms with E-state index in [1.54, 1.807) is 6.20 Å². The minimum absolute atomic E-state index is 0.729. The van der Waals surface area contributed by atoms with Gasteiger partial charge in [0.25, 0.3) is 0 Å². The summed E-state index contributed by atoms with van der Waals surface area (Å²) < 4.78 is 0. The quantitative estimate of drug-likeness (QED) is 0.750. The number of aromatic nitrogens is 1. The Morgan fingerprint density at radius 1 is 1.33 bits per heavy atom. The van der Waals surface area contributed by atoms with Gasteiger partial charge in [-0.1, -0.05) is 19.1 Å². The van der Waals surface area contributed by atoms with Gasteiger partial charge in [0, 0.05) is 23.8 Å². The number of fused-ring (bicyclic) bond motifs is 1. The Morgan fingerprint density at radius 3 is 3.00 bits per heavy atom. The van der Waals surface area contributed by atoms with E-state index in [9.17, 15) is 0 Å². The first-order chi connectivity index (χ1) is 7.33. The Bertz CT molecular complexity index is 465. The Balaban J connectivity index is 2.51. The molecule has 1 heterocycles.